The van der Waals surface area contributed by atoms with Crippen LogP contribution in [0.1, 0.15) is 25.7 Å². The predicted octanol–water partition coefficient (Wildman–Crippen LogP) is 1.76. The monoisotopic (exact) mass is 223 g/mol. The first-order chi connectivity index (χ1) is 6.99. The maximum Gasteiger partial charge on any atom is 0.248 e. The lowest BCUT2D eigenvalue weighted by Crippen LogP contribution is -2.50. The zero-order valence-corrected chi connectivity index (χ0v) is 9.26. The predicted molar refractivity (Wildman–Crippen MR) is 52.7 cm³/mol. The molecule has 0 aromatic carbocycles. The van der Waals surface area contributed by atoms with Gasteiger partial charge in [-0.25, -0.2) is 8.78 Å². The van der Waals surface area contributed by atoms with E-state index in [0.29, 0.717) is 13.0 Å². The van der Waals surface area contributed by atoms with Crippen LogP contribution >= 0.6 is 0 Å². The summed E-state index contributed by atoms with van der Waals surface area (Å²) in [6, 6.07) is 0. The summed E-state index contributed by atoms with van der Waals surface area (Å²) in [6.45, 7) is 0.370. The Kier molecular flexibility index (Phi) is 4.03. The van der Waals surface area contributed by atoms with Crippen molar-refractivity contribution in [2.45, 2.75) is 37.4 Å². The van der Waals surface area contributed by atoms with Crippen molar-refractivity contribution in [1.29, 1.82) is 0 Å². The van der Waals surface area contributed by atoms with E-state index in [2.05, 4.69) is 0 Å². The maximum absolute atomic E-state index is 13.2. The van der Waals surface area contributed by atoms with Crippen molar-refractivity contribution in [3.05, 3.63) is 0 Å². The van der Waals surface area contributed by atoms with Gasteiger partial charge in [0.15, 0.2) is 5.79 Å². The Hall–Kier alpha value is -0.260. The molecule has 1 unspecified atom stereocenters. The standard InChI is InChI=1S/C10H19F2NO2/c1-14-10(15-2)5-4-9(11,12)7-8(10)3-6-13/h8H,3-7,13H2,1-2H3. The molecule has 0 aliphatic heterocycles. The molecule has 3 nitrogen and oxygen atoms in total. The highest BCUT2D eigenvalue weighted by Crippen LogP contribution is 2.45. The third kappa shape index (κ3) is 2.65. The van der Waals surface area contributed by atoms with Crippen molar-refractivity contribution in [1.82, 2.24) is 0 Å². The molecule has 0 aromatic rings. The van der Waals surface area contributed by atoms with Gasteiger partial charge in [0.2, 0.25) is 5.92 Å². The molecule has 0 spiro atoms. The maximum atomic E-state index is 13.2. The molecule has 2 N–H and O–H groups in total. The van der Waals surface area contributed by atoms with Gasteiger partial charge in [-0.15, -0.1) is 0 Å². The third-order valence-electron chi connectivity index (χ3n) is 3.21. The summed E-state index contributed by atoms with van der Waals surface area (Å²) in [7, 11) is 2.99. The van der Waals surface area contributed by atoms with E-state index in [4.69, 9.17) is 15.2 Å². The third-order valence-corrected chi connectivity index (χ3v) is 3.21. The van der Waals surface area contributed by atoms with Gasteiger partial charge in [0.05, 0.1) is 0 Å². The van der Waals surface area contributed by atoms with Crippen molar-refractivity contribution in [3.8, 4) is 0 Å². The number of hydrogen-bond donors (Lipinski definition) is 1. The van der Waals surface area contributed by atoms with Gasteiger partial charge in [0.1, 0.15) is 0 Å². The van der Waals surface area contributed by atoms with Crippen LogP contribution in [0.5, 0.6) is 0 Å². The number of alkyl halides is 2. The summed E-state index contributed by atoms with van der Waals surface area (Å²) in [5.74, 6) is -3.82. The normalized spacial score (nSPS) is 29.0. The quantitative estimate of drug-likeness (QED) is 0.738. The van der Waals surface area contributed by atoms with Gasteiger partial charge in [-0.2, -0.15) is 0 Å². The summed E-state index contributed by atoms with van der Waals surface area (Å²) >= 11 is 0. The Morgan fingerprint density at radius 3 is 2.33 bits per heavy atom. The number of ether oxygens (including phenoxy) is 2. The van der Waals surface area contributed by atoms with Gasteiger partial charge >= 0.3 is 0 Å². The van der Waals surface area contributed by atoms with Gasteiger partial charge in [-0.1, -0.05) is 0 Å². The summed E-state index contributed by atoms with van der Waals surface area (Å²) < 4.78 is 37.0. The second-order valence-electron chi connectivity index (χ2n) is 4.05. The largest absolute Gasteiger partial charge is 0.353 e. The Bertz CT molecular complexity index is 208. The SMILES string of the molecule is COC1(OC)CCC(F)(F)CC1CCN. The summed E-state index contributed by atoms with van der Waals surface area (Å²) in [4.78, 5) is 0. The molecule has 0 radical (unpaired) electrons. The first kappa shape index (κ1) is 12.8. The molecular weight excluding hydrogens is 204 g/mol. The highest BCUT2D eigenvalue weighted by atomic mass is 19.3. The minimum Gasteiger partial charge on any atom is -0.353 e. The molecule has 0 heterocycles. The highest BCUT2D eigenvalue weighted by molar-refractivity contribution is 4.91. The lowest BCUT2D eigenvalue weighted by atomic mass is 9.79. The second kappa shape index (κ2) is 4.72. The van der Waals surface area contributed by atoms with Gasteiger partial charge in [0.25, 0.3) is 0 Å². The molecular formula is C10H19F2NO2. The van der Waals surface area contributed by atoms with Gasteiger partial charge < -0.3 is 15.2 Å². The van der Waals surface area contributed by atoms with E-state index in [1.165, 1.54) is 14.2 Å². The topological polar surface area (TPSA) is 44.5 Å². The van der Waals surface area contributed by atoms with Crippen LogP contribution in [-0.4, -0.2) is 32.5 Å². The van der Waals surface area contributed by atoms with E-state index in [1.807, 2.05) is 0 Å². The molecule has 0 saturated heterocycles. The minimum absolute atomic E-state index is 0.185. The Morgan fingerprint density at radius 2 is 1.87 bits per heavy atom. The lowest BCUT2D eigenvalue weighted by Gasteiger charge is -2.44. The molecule has 1 atom stereocenters. The average Bonchev–Trinajstić information content (AvgIpc) is 2.19. The molecule has 0 aromatic heterocycles. The Balaban J connectivity index is 2.79. The smallest absolute Gasteiger partial charge is 0.248 e. The fraction of sp³-hybridized carbons (Fsp3) is 1.00. The molecule has 90 valence electrons. The highest BCUT2D eigenvalue weighted by Gasteiger charge is 2.50. The van der Waals surface area contributed by atoms with Gasteiger partial charge in [-0.05, 0) is 13.0 Å². The molecule has 1 aliphatic carbocycles. The van der Waals surface area contributed by atoms with E-state index in [-0.39, 0.29) is 25.2 Å². The fourth-order valence-corrected chi connectivity index (χ4v) is 2.32. The van der Waals surface area contributed by atoms with Gasteiger partial charge in [0, 0.05) is 39.4 Å². The van der Waals surface area contributed by atoms with Crippen LogP contribution in [0, 0.1) is 5.92 Å². The molecule has 1 aliphatic rings. The van der Waals surface area contributed by atoms with E-state index in [9.17, 15) is 8.78 Å². The van der Waals surface area contributed by atoms with Crippen molar-refractivity contribution >= 4 is 0 Å². The van der Waals surface area contributed by atoms with E-state index < -0.39 is 11.7 Å². The van der Waals surface area contributed by atoms with Crippen molar-refractivity contribution in [2.24, 2.45) is 11.7 Å². The van der Waals surface area contributed by atoms with Crippen LogP contribution in [0.25, 0.3) is 0 Å². The summed E-state index contributed by atoms with van der Waals surface area (Å²) in [5, 5.41) is 0. The zero-order valence-electron chi connectivity index (χ0n) is 9.26. The molecule has 0 bridgehead atoms. The van der Waals surface area contributed by atoms with Crippen molar-refractivity contribution in [3.63, 3.8) is 0 Å². The van der Waals surface area contributed by atoms with E-state index >= 15 is 0 Å². The van der Waals surface area contributed by atoms with E-state index in [0.717, 1.165) is 0 Å². The number of methoxy groups -OCH3 is 2. The molecule has 1 fully saturated rings. The molecule has 15 heavy (non-hydrogen) atoms. The first-order valence-electron chi connectivity index (χ1n) is 5.18. The minimum atomic E-state index is -2.61. The molecule has 5 heteroatoms. The van der Waals surface area contributed by atoms with Crippen LogP contribution in [0.2, 0.25) is 0 Å². The van der Waals surface area contributed by atoms with Crippen molar-refractivity contribution < 1.29 is 18.3 Å². The summed E-state index contributed by atoms with van der Waals surface area (Å²) in [5.41, 5.74) is 5.42. The lowest BCUT2D eigenvalue weighted by molar-refractivity contribution is -0.279. The summed E-state index contributed by atoms with van der Waals surface area (Å²) in [6.07, 6.45) is 0.330. The fourth-order valence-electron chi connectivity index (χ4n) is 2.32. The van der Waals surface area contributed by atoms with Crippen LogP contribution in [0.15, 0.2) is 0 Å². The molecule has 1 rings (SSSR count). The van der Waals surface area contributed by atoms with Crippen LogP contribution in [0.4, 0.5) is 8.78 Å². The van der Waals surface area contributed by atoms with Crippen LogP contribution in [-0.2, 0) is 9.47 Å². The number of nitrogens with two attached hydrogens (primary N) is 1. The molecule has 0 amide bonds. The first-order valence-corrected chi connectivity index (χ1v) is 5.18. The molecule has 1 saturated carbocycles. The van der Waals surface area contributed by atoms with Crippen LogP contribution in [0.3, 0.4) is 0 Å². The van der Waals surface area contributed by atoms with Gasteiger partial charge in [-0.3, -0.25) is 0 Å². The number of hydrogen-bond acceptors (Lipinski definition) is 3. The average molecular weight is 223 g/mol. The van der Waals surface area contributed by atoms with Crippen molar-refractivity contribution in [2.75, 3.05) is 20.8 Å². The second-order valence-corrected chi connectivity index (χ2v) is 4.05. The van der Waals surface area contributed by atoms with E-state index in [1.54, 1.807) is 0 Å². The zero-order chi connectivity index (χ0) is 11.5. The number of rotatable bonds is 4. The Morgan fingerprint density at radius 1 is 1.27 bits per heavy atom. The van der Waals surface area contributed by atoms with Crippen LogP contribution < -0.4 is 5.73 Å². The Labute approximate surface area is 88.9 Å². The number of halogens is 2.